The van der Waals surface area contributed by atoms with E-state index >= 15 is 0 Å². The first-order valence-corrected chi connectivity index (χ1v) is 8.70. The summed E-state index contributed by atoms with van der Waals surface area (Å²) in [4.78, 5) is 26.9. The van der Waals surface area contributed by atoms with Crippen molar-refractivity contribution in [3.63, 3.8) is 0 Å². The number of likely N-dealkylation sites (tertiary alicyclic amines) is 1. The second kappa shape index (κ2) is 8.96. The van der Waals surface area contributed by atoms with Crippen LogP contribution in [0.15, 0.2) is 41.2 Å². The fraction of sp³-hybridized carbons (Fsp3) is 0.421. The number of piperidine rings is 1. The second-order valence-corrected chi connectivity index (χ2v) is 6.54. The Morgan fingerprint density at radius 2 is 1.88 bits per heavy atom. The molecule has 0 saturated carbocycles. The van der Waals surface area contributed by atoms with Gasteiger partial charge in [-0.05, 0) is 51.4 Å². The number of rotatable bonds is 4. The molecule has 0 unspecified atom stereocenters. The van der Waals surface area contributed by atoms with Crippen molar-refractivity contribution in [2.75, 3.05) is 26.7 Å². The quantitative estimate of drug-likeness (QED) is 0.886. The third-order valence-corrected chi connectivity index (χ3v) is 4.71. The lowest BCUT2D eigenvalue weighted by atomic mass is 9.96. The molecule has 0 atom stereocenters. The lowest BCUT2D eigenvalue weighted by Gasteiger charge is -2.31. The fourth-order valence-electron chi connectivity index (χ4n) is 3.30. The molecule has 1 amide bonds. The van der Waals surface area contributed by atoms with Crippen LogP contribution < -0.4 is 10.7 Å². The molecule has 2 aromatic rings. The number of halogens is 1. The van der Waals surface area contributed by atoms with Crippen molar-refractivity contribution >= 4 is 18.3 Å². The zero-order chi connectivity index (χ0) is 17.8. The average molecular weight is 377 g/mol. The van der Waals surface area contributed by atoms with E-state index in [-0.39, 0.29) is 29.4 Å². The highest BCUT2D eigenvalue weighted by molar-refractivity contribution is 5.92. The number of amides is 1. The van der Waals surface area contributed by atoms with Gasteiger partial charge < -0.3 is 10.2 Å². The van der Waals surface area contributed by atoms with Gasteiger partial charge in [-0.15, -0.1) is 12.4 Å². The third-order valence-electron chi connectivity index (χ3n) is 4.71. The van der Waals surface area contributed by atoms with E-state index in [4.69, 9.17) is 0 Å². The summed E-state index contributed by atoms with van der Waals surface area (Å²) in [6.45, 7) is 4.13. The number of carbonyl (C=O) groups is 1. The smallest absolute Gasteiger partial charge is 0.278 e. The van der Waals surface area contributed by atoms with E-state index in [1.54, 1.807) is 9.58 Å². The van der Waals surface area contributed by atoms with Crippen molar-refractivity contribution in [2.45, 2.75) is 19.8 Å². The minimum absolute atomic E-state index is 0. The Kier molecular flexibility index (Phi) is 6.94. The molecule has 0 bridgehead atoms. The normalized spacial score (nSPS) is 14.8. The molecule has 2 heterocycles. The standard InChI is InChI=1S/C19H24N4O2.ClH/c1-14-12-17(24)18(21-23(14)16-6-4-3-5-7-16)19(25)22-10-8-15(9-11-22)13-20-2;/h3-7,12,15,20H,8-11,13H2,1-2H3;1H. The topological polar surface area (TPSA) is 67.2 Å². The van der Waals surface area contributed by atoms with Gasteiger partial charge in [0.1, 0.15) is 0 Å². The molecule has 7 heteroatoms. The maximum atomic E-state index is 12.8. The molecule has 1 N–H and O–H groups in total. The Morgan fingerprint density at radius 3 is 2.50 bits per heavy atom. The van der Waals surface area contributed by atoms with Crippen LogP contribution in [-0.2, 0) is 0 Å². The summed E-state index contributed by atoms with van der Waals surface area (Å²) in [5, 5.41) is 7.56. The molecule has 26 heavy (non-hydrogen) atoms. The van der Waals surface area contributed by atoms with Crippen LogP contribution in [0.4, 0.5) is 0 Å². The predicted molar refractivity (Wildman–Crippen MR) is 104 cm³/mol. The van der Waals surface area contributed by atoms with E-state index in [1.807, 2.05) is 44.3 Å². The second-order valence-electron chi connectivity index (χ2n) is 6.54. The zero-order valence-corrected chi connectivity index (χ0v) is 16.0. The van der Waals surface area contributed by atoms with Gasteiger partial charge in [-0.25, -0.2) is 4.68 Å². The van der Waals surface area contributed by atoms with Gasteiger partial charge in [-0.1, -0.05) is 18.2 Å². The molecule has 6 nitrogen and oxygen atoms in total. The van der Waals surface area contributed by atoms with Gasteiger partial charge in [-0.3, -0.25) is 9.59 Å². The Balaban J connectivity index is 0.00000243. The number of nitrogens with one attached hydrogen (secondary N) is 1. The van der Waals surface area contributed by atoms with Crippen LogP contribution in [0.1, 0.15) is 29.0 Å². The molecule has 1 aliphatic rings. The lowest BCUT2D eigenvalue weighted by Crippen LogP contribution is -2.42. The fourth-order valence-corrected chi connectivity index (χ4v) is 3.30. The molecule has 140 valence electrons. The minimum atomic E-state index is -0.313. The number of aryl methyl sites for hydroxylation is 1. The molecule has 1 aliphatic heterocycles. The minimum Gasteiger partial charge on any atom is -0.337 e. The predicted octanol–water partition coefficient (Wildman–Crippen LogP) is 2.03. The first-order valence-electron chi connectivity index (χ1n) is 8.70. The van der Waals surface area contributed by atoms with E-state index in [0.29, 0.717) is 24.7 Å². The maximum absolute atomic E-state index is 12.8. The molecule has 1 fully saturated rings. The van der Waals surface area contributed by atoms with E-state index in [1.165, 1.54) is 6.07 Å². The van der Waals surface area contributed by atoms with Crippen LogP contribution >= 0.6 is 12.4 Å². The molecule has 1 aromatic carbocycles. The highest BCUT2D eigenvalue weighted by Gasteiger charge is 2.26. The SMILES string of the molecule is CNCC1CCN(C(=O)c2nn(-c3ccccc3)c(C)cc2=O)CC1.Cl. The highest BCUT2D eigenvalue weighted by Crippen LogP contribution is 2.17. The van der Waals surface area contributed by atoms with E-state index < -0.39 is 0 Å². The molecule has 0 aliphatic carbocycles. The first-order chi connectivity index (χ1) is 12.1. The van der Waals surface area contributed by atoms with E-state index in [0.717, 1.165) is 25.1 Å². The molecule has 1 aromatic heterocycles. The molecule has 3 rings (SSSR count). The zero-order valence-electron chi connectivity index (χ0n) is 15.1. The van der Waals surface area contributed by atoms with E-state index in [9.17, 15) is 9.59 Å². The number of hydrogen-bond donors (Lipinski definition) is 1. The van der Waals surface area contributed by atoms with Gasteiger partial charge in [0, 0.05) is 24.8 Å². The summed E-state index contributed by atoms with van der Waals surface area (Å²) in [7, 11) is 1.94. The number of carbonyl (C=O) groups excluding carboxylic acids is 1. The van der Waals surface area contributed by atoms with Crippen LogP contribution in [0.3, 0.4) is 0 Å². The Labute approximate surface area is 159 Å². The van der Waals surface area contributed by atoms with Crippen molar-refractivity contribution < 1.29 is 4.79 Å². The van der Waals surface area contributed by atoms with Gasteiger partial charge in [0.05, 0.1) is 5.69 Å². The molecule has 1 saturated heterocycles. The molecular weight excluding hydrogens is 352 g/mol. The summed E-state index contributed by atoms with van der Waals surface area (Å²) in [6, 6.07) is 11.0. The average Bonchev–Trinajstić information content (AvgIpc) is 2.63. The van der Waals surface area contributed by atoms with Gasteiger partial charge in [0.25, 0.3) is 5.91 Å². The van der Waals surface area contributed by atoms with Crippen LogP contribution in [-0.4, -0.2) is 47.3 Å². The Morgan fingerprint density at radius 1 is 1.23 bits per heavy atom. The Hall–Kier alpha value is -2.18. The van der Waals surface area contributed by atoms with Crippen molar-refractivity contribution in [1.82, 2.24) is 20.0 Å². The van der Waals surface area contributed by atoms with Crippen molar-refractivity contribution in [2.24, 2.45) is 5.92 Å². The molecule has 0 spiro atoms. The summed E-state index contributed by atoms with van der Waals surface area (Å²) >= 11 is 0. The monoisotopic (exact) mass is 376 g/mol. The number of aromatic nitrogens is 2. The lowest BCUT2D eigenvalue weighted by molar-refractivity contribution is 0.0681. The highest BCUT2D eigenvalue weighted by atomic mass is 35.5. The number of benzene rings is 1. The van der Waals surface area contributed by atoms with Crippen LogP contribution in [0.2, 0.25) is 0 Å². The van der Waals surface area contributed by atoms with Crippen molar-refractivity contribution in [3.8, 4) is 5.69 Å². The van der Waals surface area contributed by atoms with Crippen molar-refractivity contribution in [1.29, 1.82) is 0 Å². The van der Waals surface area contributed by atoms with Crippen LogP contribution in [0.5, 0.6) is 0 Å². The van der Waals surface area contributed by atoms with Crippen LogP contribution in [0, 0.1) is 12.8 Å². The van der Waals surface area contributed by atoms with Gasteiger partial charge in [0.2, 0.25) is 5.43 Å². The van der Waals surface area contributed by atoms with E-state index in [2.05, 4.69) is 10.4 Å². The van der Waals surface area contributed by atoms with Gasteiger partial charge in [0.15, 0.2) is 5.69 Å². The van der Waals surface area contributed by atoms with Crippen LogP contribution in [0.25, 0.3) is 5.69 Å². The summed E-state index contributed by atoms with van der Waals surface area (Å²) in [6.07, 6.45) is 1.90. The summed E-state index contributed by atoms with van der Waals surface area (Å²) in [5.41, 5.74) is 1.23. The molecular formula is C19H25ClN4O2. The molecule has 0 radical (unpaired) electrons. The first kappa shape index (κ1) is 20.1. The number of hydrogen-bond acceptors (Lipinski definition) is 4. The third kappa shape index (κ3) is 4.31. The largest absolute Gasteiger partial charge is 0.337 e. The summed E-state index contributed by atoms with van der Waals surface area (Å²) < 4.78 is 1.66. The van der Waals surface area contributed by atoms with Gasteiger partial charge >= 0.3 is 0 Å². The van der Waals surface area contributed by atoms with Gasteiger partial charge in [-0.2, -0.15) is 5.10 Å². The summed E-state index contributed by atoms with van der Waals surface area (Å²) in [5.74, 6) is 0.318. The Bertz CT molecular complexity index is 799. The number of nitrogens with zero attached hydrogens (tertiary/aromatic N) is 3. The maximum Gasteiger partial charge on any atom is 0.278 e. The number of para-hydroxylation sites is 1. The van der Waals surface area contributed by atoms with Crippen molar-refractivity contribution in [3.05, 3.63) is 58.0 Å².